The van der Waals surface area contributed by atoms with E-state index in [1.54, 1.807) is 30.4 Å². The molecule has 3 aromatic rings. The number of thiazole rings is 1. The molecule has 0 bridgehead atoms. The zero-order valence-corrected chi connectivity index (χ0v) is 13.7. The zero-order chi connectivity index (χ0) is 17.1. The van der Waals surface area contributed by atoms with E-state index in [0.717, 1.165) is 16.3 Å². The van der Waals surface area contributed by atoms with Crippen LogP contribution in [0.5, 0.6) is 0 Å². The number of benzene rings is 2. The topological polar surface area (TPSA) is 56.0 Å². The van der Waals surface area contributed by atoms with E-state index in [1.165, 1.54) is 35.6 Å². The Hall–Kier alpha value is -2.57. The highest BCUT2D eigenvalue weighted by Gasteiger charge is 2.11. The highest BCUT2D eigenvalue weighted by molar-refractivity contribution is 7.10. The van der Waals surface area contributed by atoms with E-state index in [1.807, 2.05) is 5.38 Å². The van der Waals surface area contributed by atoms with Crippen molar-refractivity contribution >= 4 is 40.8 Å². The molecule has 2 aromatic carbocycles. The second kappa shape index (κ2) is 6.90. The molecule has 3 rings (SSSR count). The Morgan fingerprint density at radius 3 is 2.62 bits per heavy atom. The Balaban J connectivity index is 1.82. The minimum atomic E-state index is -0.518. The molecule has 0 amide bonds. The predicted molar refractivity (Wildman–Crippen MR) is 94.5 cm³/mol. The van der Waals surface area contributed by atoms with Gasteiger partial charge in [-0.1, -0.05) is 23.7 Å². The first-order chi connectivity index (χ1) is 11.5. The Labute approximate surface area is 146 Å². The van der Waals surface area contributed by atoms with Gasteiger partial charge >= 0.3 is 0 Å². The standard InChI is InChI=1S/C17H10ClFN2O2S/c18-14-7-1-11(9-16(14)21(22)23)2-8-17-20-15(10-24-17)12-3-5-13(19)6-4-12/h1-10H. The molecular weight excluding hydrogens is 351 g/mol. The predicted octanol–water partition coefficient (Wildman–Crippen LogP) is 5.68. The first-order valence-electron chi connectivity index (χ1n) is 6.86. The van der Waals surface area contributed by atoms with Crippen molar-refractivity contribution in [1.29, 1.82) is 0 Å². The van der Waals surface area contributed by atoms with Crippen molar-refractivity contribution in [1.82, 2.24) is 4.98 Å². The number of hydrogen-bond donors (Lipinski definition) is 0. The van der Waals surface area contributed by atoms with Crippen LogP contribution in [-0.4, -0.2) is 9.91 Å². The van der Waals surface area contributed by atoms with Crippen LogP contribution < -0.4 is 0 Å². The van der Waals surface area contributed by atoms with Crippen LogP contribution in [0, 0.1) is 15.9 Å². The molecule has 1 aromatic heterocycles. The smallest absolute Gasteiger partial charge is 0.258 e. The molecule has 0 atom stereocenters. The number of aromatic nitrogens is 1. The lowest BCUT2D eigenvalue weighted by Crippen LogP contribution is -1.89. The summed E-state index contributed by atoms with van der Waals surface area (Å²) in [5.41, 5.74) is 2.10. The van der Waals surface area contributed by atoms with Crippen LogP contribution in [0.3, 0.4) is 0 Å². The van der Waals surface area contributed by atoms with Gasteiger partial charge < -0.3 is 0 Å². The van der Waals surface area contributed by atoms with Gasteiger partial charge in [-0.3, -0.25) is 10.1 Å². The first-order valence-corrected chi connectivity index (χ1v) is 8.12. The van der Waals surface area contributed by atoms with Crippen LogP contribution in [0.2, 0.25) is 5.02 Å². The Kier molecular flexibility index (Phi) is 4.69. The van der Waals surface area contributed by atoms with Crippen LogP contribution in [0.4, 0.5) is 10.1 Å². The summed E-state index contributed by atoms with van der Waals surface area (Å²) < 4.78 is 12.9. The number of nitrogens with zero attached hydrogens (tertiary/aromatic N) is 2. The molecule has 0 fully saturated rings. The monoisotopic (exact) mass is 360 g/mol. The minimum Gasteiger partial charge on any atom is -0.258 e. The summed E-state index contributed by atoms with van der Waals surface area (Å²) in [6.07, 6.45) is 3.50. The molecule has 0 aliphatic heterocycles. The van der Waals surface area contributed by atoms with Gasteiger partial charge in [0.1, 0.15) is 15.8 Å². The minimum absolute atomic E-state index is 0.102. The van der Waals surface area contributed by atoms with Crippen molar-refractivity contribution in [2.24, 2.45) is 0 Å². The lowest BCUT2D eigenvalue weighted by Gasteiger charge is -1.97. The van der Waals surface area contributed by atoms with Crippen LogP contribution in [0.15, 0.2) is 47.8 Å². The van der Waals surface area contributed by atoms with Crippen molar-refractivity contribution < 1.29 is 9.31 Å². The van der Waals surface area contributed by atoms with E-state index >= 15 is 0 Å². The van der Waals surface area contributed by atoms with Crippen molar-refractivity contribution in [2.45, 2.75) is 0 Å². The van der Waals surface area contributed by atoms with E-state index in [4.69, 9.17) is 11.6 Å². The molecule has 0 N–H and O–H groups in total. The summed E-state index contributed by atoms with van der Waals surface area (Å²) in [4.78, 5) is 14.8. The highest BCUT2D eigenvalue weighted by atomic mass is 35.5. The maximum Gasteiger partial charge on any atom is 0.288 e. The molecule has 1 heterocycles. The SMILES string of the molecule is O=[N+]([O-])c1cc(C=Cc2nc(-c3ccc(F)cc3)cs2)ccc1Cl. The third kappa shape index (κ3) is 3.67. The van der Waals surface area contributed by atoms with E-state index in [9.17, 15) is 14.5 Å². The van der Waals surface area contributed by atoms with Crippen LogP contribution >= 0.6 is 22.9 Å². The van der Waals surface area contributed by atoms with E-state index in [2.05, 4.69) is 4.98 Å². The summed E-state index contributed by atoms with van der Waals surface area (Å²) in [5.74, 6) is -0.293. The molecule has 0 saturated heterocycles. The molecule has 0 spiro atoms. The lowest BCUT2D eigenvalue weighted by molar-refractivity contribution is -0.384. The molecule has 0 radical (unpaired) electrons. The van der Waals surface area contributed by atoms with Crippen LogP contribution in [0.25, 0.3) is 23.4 Å². The fourth-order valence-corrected chi connectivity index (χ4v) is 2.96. The summed E-state index contributed by atoms with van der Waals surface area (Å²) in [6, 6.07) is 10.7. The maximum absolute atomic E-state index is 12.9. The third-order valence-electron chi connectivity index (χ3n) is 3.25. The number of hydrogen-bond acceptors (Lipinski definition) is 4. The molecule has 7 heteroatoms. The average Bonchev–Trinajstić information content (AvgIpc) is 3.03. The molecule has 0 aliphatic rings. The summed E-state index contributed by atoms with van der Waals surface area (Å²) in [7, 11) is 0. The van der Waals surface area contributed by atoms with Crippen LogP contribution in [0.1, 0.15) is 10.6 Å². The average molecular weight is 361 g/mol. The van der Waals surface area contributed by atoms with Gasteiger partial charge in [-0.05, 0) is 42.0 Å². The van der Waals surface area contributed by atoms with Crippen LogP contribution in [-0.2, 0) is 0 Å². The molecule has 0 unspecified atom stereocenters. The van der Waals surface area contributed by atoms with E-state index in [-0.39, 0.29) is 16.5 Å². The number of halogens is 2. The zero-order valence-electron chi connectivity index (χ0n) is 12.1. The molecule has 0 aliphatic carbocycles. The quantitative estimate of drug-likeness (QED) is 0.444. The maximum atomic E-state index is 12.9. The van der Waals surface area contributed by atoms with Crippen molar-refractivity contribution in [3.63, 3.8) is 0 Å². The fourth-order valence-electron chi connectivity index (χ4n) is 2.06. The van der Waals surface area contributed by atoms with Gasteiger partial charge in [0.15, 0.2) is 0 Å². The van der Waals surface area contributed by atoms with Crippen molar-refractivity contribution in [2.75, 3.05) is 0 Å². The van der Waals surface area contributed by atoms with Gasteiger partial charge in [0.2, 0.25) is 0 Å². The number of nitro benzene ring substituents is 1. The van der Waals surface area contributed by atoms with E-state index in [0.29, 0.717) is 5.56 Å². The van der Waals surface area contributed by atoms with Gasteiger partial charge in [0, 0.05) is 17.0 Å². The second-order valence-corrected chi connectivity index (χ2v) is 6.18. The fraction of sp³-hybridized carbons (Fsp3) is 0. The molecule has 120 valence electrons. The van der Waals surface area contributed by atoms with Crippen molar-refractivity contribution in [3.05, 3.63) is 79.4 Å². The molecule has 4 nitrogen and oxygen atoms in total. The molecule has 24 heavy (non-hydrogen) atoms. The summed E-state index contributed by atoms with van der Waals surface area (Å²) in [6.45, 7) is 0. The first kappa shape index (κ1) is 16.3. The number of rotatable bonds is 4. The Bertz CT molecular complexity index is 923. The van der Waals surface area contributed by atoms with Crippen molar-refractivity contribution in [3.8, 4) is 11.3 Å². The molecular formula is C17H10ClFN2O2S. The number of nitro groups is 1. The lowest BCUT2D eigenvalue weighted by atomic mass is 10.2. The summed E-state index contributed by atoms with van der Waals surface area (Å²) in [5, 5.41) is 13.6. The second-order valence-electron chi connectivity index (χ2n) is 4.88. The largest absolute Gasteiger partial charge is 0.288 e. The normalized spacial score (nSPS) is 11.1. The Morgan fingerprint density at radius 2 is 1.92 bits per heavy atom. The summed E-state index contributed by atoms with van der Waals surface area (Å²) >= 11 is 7.22. The van der Waals surface area contributed by atoms with Gasteiger partial charge in [-0.25, -0.2) is 9.37 Å². The molecule has 0 saturated carbocycles. The Morgan fingerprint density at radius 1 is 1.17 bits per heavy atom. The van der Waals surface area contributed by atoms with Gasteiger partial charge in [0.05, 0.1) is 10.6 Å². The van der Waals surface area contributed by atoms with E-state index < -0.39 is 4.92 Å². The third-order valence-corrected chi connectivity index (χ3v) is 4.38. The van der Waals surface area contributed by atoms with Gasteiger partial charge in [-0.2, -0.15) is 0 Å². The van der Waals surface area contributed by atoms with Gasteiger partial charge in [-0.15, -0.1) is 11.3 Å². The highest BCUT2D eigenvalue weighted by Crippen LogP contribution is 2.27. The van der Waals surface area contributed by atoms with Gasteiger partial charge in [0.25, 0.3) is 5.69 Å².